The fourth-order valence-corrected chi connectivity index (χ4v) is 2.50. The number of aryl methyl sites for hydroxylation is 1. The van der Waals surface area contributed by atoms with Crippen LogP contribution < -0.4 is 5.32 Å². The van der Waals surface area contributed by atoms with Crippen LogP contribution in [0.2, 0.25) is 0 Å². The van der Waals surface area contributed by atoms with Crippen LogP contribution in [0.25, 0.3) is 0 Å². The zero-order valence-electron chi connectivity index (χ0n) is 12.2. The average molecular weight is 271 g/mol. The van der Waals surface area contributed by atoms with Gasteiger partial charge < -0.3 is 5.32 Å². The van der Waals surface area contributed by atoms with Crippen molar-refractivity contribution in [1.29, 1.82) is 0 Å². The molecule has 1 N–H and O–H groups in total. The van der Waals surface area contributed by atoms with Gasteiger partial charge in [-0.1, -0.05) is 50.2 Å². The Balaban J connectivity index is 2.05. The van der Waals surface area contributed by atoms with Crippen molar-refractivity contribution in [2.24, 2.45) is 0 Å². The highest BCUT2D eigenvalue weighted by Gasteiger charge is 2.09. The quantitative estimate of drug-likeness (QED) is 0.807. The van der Waals surface area contributed by atoms with E-state index in [0.29, 0.717) is 0 Å². The Morgan fingerprint density at radius 1 is 0.950 bits per heavy atom. The maximum absolute atomic E-state index is 13.0. The van der Waals surface area contributed by atoms with Crippen LogP contribution in [0, 0.1) is 5.82 Å². The number of hydrogen-bond donors (Lipinski definition) is 1. The Morgan fingerprint density at radius 2 is 1.60 bits per heavy atom. The summed E-state index contributed by atoms with van der Waals surface area (Å²) < 4.78 is 13.0. The molecule has 0 aliphatic rings. The maximum atomic E-state index is 13.0. The minimum atomic E-state index is -0.181. The summed E-state index contributed by atoms with van der Waals surface area (Å²) in [6, 6.07) is 15.6. The molecule has 2 aromatic rings. The monoisotopic (exact) mass is 271 g/mol. The zero-order valence-corrected chi connectivity index (χ0v) is 12.2. The van der Waals surface area contributed by atoms with E-state index in [1.807, 2.05) is 12.1 Å². The summed E-state index contributed by atoms with van der Waals surface area (Å²) in [6.07, 6.45) is 2.03. The topological polar surface area (TPSA) is 12.0 Å². The summed E-state index contributed by atoms with van der Waals surface area (Å²) in [7, 11) is 0. The number of benzene rings is 2. The van der Waals surface area contributed by atoms with Crippen molar-refractivity contribution in [3.63, 3.8) is 0 Å². The van der Waals surface area contributed by atoms with Crippen LogP contribution in [0.1, 0.15) is 43.0 Å². The molecule has 1 unspecified atom stereocenters. The van der Waals surface area contributed by atoms with Gasteiger partial charge in [0.25, 0.3) is 0 Å². The molecular formula is C18H22FN. The van der Waals surface area contributed by atoms with Crippen molar-refractivity contribution in [3.05, 3.63) is 71.0 Å². The van der Waals surface area contributed by atoms with Crippen molar-refractivity contribution in [3.8, 4) is 0 Å². The van der Waals surface area contributed by atoms with E-state index in [0.717, 1.165) is 24.9 Å². The molecule has 0 fully saturated rings. The lowest BCUT2D eigenvalue weighted by Gasteiger charge is -2.18. The summed E-state index contributed by atoms with van der Waals surface area (Å²) in [5.41, 5.74) is 3.87. The Kier molecular flexibility index (Phi) is 5.31. The van der Waals surface area contributed by atoms with Gasteiger partial charge in [0.15, 0.2) is 0 Å². The summed E-state index contributed by atoms with van der Waals surface area (Å²) in [5.74, 6) is -0.181. The van der Waals surface area contributed by atoms with Crippen LogP contribution in [0.15, 0.2) is 48.5 Å². The molecule has 106 valence electrons. The third-order valence-electron chi connectivity index (χ3n) is 3.72. The molecule has 0 saturated heterocycles. The minimum Gasteiger partial charge on any atom is -0.306 e. The van der Waals surface area contributed by atoms with Gasteiger partial charge in [0, 0.05) is 12.6 Å². The van der Waals surface area contributed by atoms with Gasteiger partial charge in [-0.05, 0) is 41.7 Å². The number of nitrogens with one attached hydrogen (secondary N) is 1. The molecule has 0 saturated carbocycles. The van der Waals surface area contributed by atoms with Crippen LogP contribution in [-0.4, -0.2) is 0 Å². The lowest BCUT2D eigenvalue weighted by molar-refractivity contribution is 0.516. The predicted molar refractivity (Wildman–Crippen MR) is 82.1 cm³/mol. The molecule has 20 heavy (non-hydrogen) atoms. The molecule has 0 bridgehead atoms. The minimum absolute atomic E-state index is 0.181. The van der Waals surface area contributed by atoms with E-state index in [1.165, 1.54) is 23.3 Å². The Hall–Kier alpha value is -1.67. The third-order valence-corrected chi connectivity index (χ3v) is 3.72. The van der Waals surface area contributed by atoms with Crippen LogP contribution >= 0.6 is 0 Å². The maximum Gasteiger partial charge on any atom is 0.123 e. The molecule has 0 amide bonds. The highest BCUT2D eigenvalue weighted by molar-refractivity contribution is 5.27. The van der Waals surface area contributed by atoms with E-state index in [4.69, 9.17) is 0 Å². The summed E-state index contributed by atoms with van der Waals surface area (Å²) >= 11 is 0. The average Bonchev–Trinajstić information content (AvgIpc) is 2.50. The molecule has 0 spiro atoms. The van der Waals surface area contributed by atoms with E-state index in [1.54, 1.807) is 0 Å². The van der Waals surface area contributed by atoms with Gasteiger partial charge in [0.1, 0.15) is 5.82 Å². The lowest BCUT2D eigenvalue weighted by atomic mass is 10.0. The molecule has 1 nitrogen and oxygen atoms in total. The van der Waals surface area contributed by atoms with Crippen LogP contribution in [-0.2, 0) is 13.0 Å². The fraction of sp³-hybridized carbons (Fsp3) is 0.333. The molecule has 1 atom stereocenters. The summed E-state index contributed by atoms with van der Waals surface area (Å²) in [5, 5.41) is 3.57. The van der Waals surface area contributed by atoms with E-state index in [9.17, 15) is 4.39 Å². The Bertz CT molecular complexity index is 533. The van der Waals surface area contributed by atoms with Crippen molar-refractivity contribution < 1.29 is 4.39 Å². The van der Waals surface area contributed by atoms with Crippen molar-refractivity contribution in [2.75, 3.05) is 0 Å². The van der Waals surface area contributed by atoms with E-state index < -0.39 is 0 Å². The van der Waals surface area contributed by atoms with Gasteiger partial charge in [-0.15, -0.1) is 0 Å². The first-order chi connectivity index (χ1) is 9.74. The number of halogens is 1. The van der Waals surface area contributed by atoms with Gasteiger partial charge >= 0.3 is 0 Å². The largest absolute Gasteiger partial charge is 0.306 e. The molecule has 2 rings (SSSR count). The second-order valence-corrected chi connectivity index (χ2v) is 5.02. The Morgan fingerprint density at radius 3 is 2.20 bits per heavy atom. The molecule has 2 aromatic carbocycles. The van der Waals surface area contributed by atoms with Gasteiger partial charge in [0.05, 0.1) is 0 Å². The lowest BCUT2D eigenvalue weighted by Crippen LogP contribution is -2.21. The summed E-state index contributed by atoms with van der Waals surface area (Å²) in [4.78, 5) is 0. The van der Waals surface area contributed by atoms with Gasteiger partial charge in [-0.3, -0.25) is 0 Å². The normalized spacial score (nSPS) is 12.3. The van der Waals surface area contributed by atoms with Gasteiger partial charge in [-0.2, -0.15) is 0 Å². The van der Waals surface area contributed by atoms with Crippen molar-refractivity contribution in [2.45, 2.75) is 39.3 Å². The van der Waals surface area contributed by atoms with Crippen molar-refractivity contribution >= 4 is 0 Å². The first kappa shape index (κ1) is 14.7. The van der Waals surface area contributed by atoms with E-state index in [2.05, 4.69) is 43.4 Å². The predicted octanol–water partition coefficient (Wildman–Crippen LogP) is 4.63. The van der Waals surface area contributed by atoms with Crippen LogP contribution in [0.4, 0.5) is 4.39 Å². The van der Waals surface area contributed by atoms with Crippen LogP contribution in [0.3, 0.4) is 0 Å². The molecule has 0 aliphatic heterocycles. The highest BCUT2D eigenvalue weighted by Crippen LogP contribution is 2.18. The second kappa shape index (κ2) is 7.20. The molecule has 0 heterocycles. The molecule has 0 aromatic heterocycles. The van der Waals surface area contributed by atoms with Gasteiger partial charge in [-0.25, -0.2) is 4.39 Å². The van der Waals surface area contributed by atoms with Crippen molar-refractivity contribution in [1.82, 2.24) is 5.32 Å². The highest BCUT2D eigenvalue weighted by atomic mass is 19.1. The fourth-order valence-electron chi connectivity index (χ4n) is 2.50. The second-order valence-electron chi connectivity index (χ2n) is 5.02. The summed E-state index contributed by atoms with van der Waals surface area (Å²) in [6.45, 7) is 5.17. The first-order valence-electron chi connectivity index (χ1n) is 7.30. The first-order valence-corrected chi connectivity index (χ1v) is 7.30. The molecular weight excluding hydrogens is 249 g/mol. The Labute approximate surface area is 120 Å². The zero-order chi connectivity index (χ0) is 14.4. The molecule has 0 radical (unpaired) electrons. The third kappa shape index (κ3) is 3.67. The van der Waals surface area contributed by atoms with E-state index >= 15 is 0 Å². The van der Waals surface area contributed by atoms with Crippen LogP contribution in [0.5, 0.6) is 0 Å². The van der Waals surface area contributed by atoms with E-state index in [-0.39, 0.29) is 11.9 Å². The number of hydrogen-bond acceptors (Lipinski definition) is 1. The SMILES string of the molecule is CCc1ccccc1CNC(CC)c1ccc(F)cc1. The molecule has 2 heteroatoms. The van der Waals surface area contributed by atoms with Gasteiger partial charge in [0.2, 0.25) is 0 Å². The standard InChI is InChI=1S/C18H22FN/c1-3-14-7-5-6-8-16(14)13-20-18(4-2)15-9-11-17(19)12-10-15/h5-12,18,20H,3-4,13H2,1-2H3. The molecule has 0 aliphatic carbocycles. The smallest absolute Gasteiger partial charge is 0.123 e. The number of rotatable bonds is 6.